The maximum absolute atomic E-state index is 11.6. The van der Waals surface area contributed by atoms with Crippen LogP contribution in [0.15, 0.2) is 24.3 Å². The van der Waals surface area contributed by atoms with Gasteiger partial charge in [-0.15, -0.1) is 0 Å². The molecule has 1 aromatic heterocycles. The van der Waals surface area contributed by atoms with Crippen LogP contribution in [0.2, 0.25) is 0 Å². The first-order chi connectivity index (χ1) is 15.1. The van der Waals surface area contributed by atoms with Crippen LogP contribution in [-0.2, 0) is 0 Å². The van der Waals surface area contributed by atoms with Crippen LogP contribution in [0, 0.1) is 12.8 Å². The molecule has 0 saturated carbocycles. The summed E-state index contributed by atoms with van der Waals surface area (Å²) in [6.45, 7) is 13.8. The highest BCUT2D eigenvalue weighted by Crippen LogP contribution is 2.25. The van der Waals surface area contributed by atoms with Crippen LogP contribution in [0.4, 0.5) is 23.3 Å². The summed E-state index contributed by atoms with van der Waals surface area (Å²) in [5.41, 5.74) is 7.66. The fraction of sp³-hybridized carbons (Fsp3) is 0.560. The van der Waals surface area contributed by atoms with E-state index >= 15 is 0 Å². The highest BCUT2D eigenvalue weighted by Gasteiger charge is 2.24. The Hall–Kier alpha value is -2.87. The van der Waals surface area contributed by atoms with Gasteiger partial charge in [-0.2, -0.15) is 9.97 Å². The lowest BCUT2D eigenvalue weighted by atomic mass is 10.1. The van der Waals surface area contributed by atoms with E-state index in [2.05, 4.69) is 48.1 Å². The number of nitrogens with two attached hydrogens (primary N) is 1. The summed E-state index contributed by atoms with van der Waals surface area (Å²) in [4.78, 5) is 25.7. The first kappa shape index (κ1) is 26.4. The molecular weight excluding hydrogens is 414 g/mol. The van der Waals surface area contributed by atoms with Crippen molar-refractivity contribution < 1.29 is 4.79 Å². The zero-order valence-corrected chi connectivity index (χ0v) is 20.1. The third kappa shape index (κ3) is 7.05. The number of aromatic nitrogens is 2. The Morgan fingerprint density at radius 2 is 1.97 bits per heavy atom. The van der Waals surface area contributed by atoms with E-state index in [-0.39, 0.29) is 7.43 Å². The molecule has 0 bridgehead atoms. The van der Waals surface area contributed by atoms with Crippen LogP contribution in [0.25, 0.3) is 0 Å². The minimum atomic E-state index is -0.460. The van der Waals surface area contributed by atoms with Crippen molar-refractivity contribution in [2.75, 3.05) is 42.2 Å². The second-order valence-electron chi connectivity index (χ2n) is 9.45. The number of benzene rings is 1. The lowest BCUT2D eigenvalue weighted by Gasteiger charge is -2.23. The van der Waals surface area contributed by atoms with Gasteiger partial charge in [-0.25, -0.2) is 0 Å². The molecule has 0 spiro atoms. The molecule has 33 heavy (non-hydrogen) atoms. The minimum absolute atomic E-state index is 0. The normalized spacial score (nSPS) is 16.1. The molecule has 4 N–H and O–H groups in total. The first-order valence-electron chi connectivity index (χ1n) is 11.4. The maximum atomic E-state index is 11.6. The van der Waals surface area contributed by atoms with Crippen molar-refractivity contribution in [1.82, 2.24) is 14.9 Å². The fourth-order valence-electron chi connectivity index (χ4n) is 4.01. The average Bonchev–Trinajstić information content (AvgIpc) is 3.17. The molecule has 0 aliphatic carbocycles. The third-order valence-corrected chi connectivity index (χ3v) is 5.81. The Bertz CT molecular complexity index is 944. The summed E-state index contributed by atoms with van der Waals surface area (Å²) in [6.07, 6.45) is 1.09. The lowest BCUT2D eigenvalue weighted by Crippen LogP contribution is -2.31. The zero-order chi connectivity index (χ0) is 23.4. The van der Waals surface area contributed by atoms with Crippen molar-refractivity contribution in [3.63, 3.8) is 0 Å². The number of carbonyl (C=O) groups excluding carboxylic acids is 1. The largest absolute Gasteiger partial charge is 0.366 e. The molecule has 0 radical (unpaired) electrons. The van der Waals surface area contributed by atoms with Crippen LogP contribution in [0.5, 0.6) is 0 Å². The van der Waals surface area contributed by atoms with Gasteiger partial charge in [0.25, 0.3) is 0 Å². The number of hydrogen-bond acceptors (Lipinski definition) is 7. The third-order valence-electron chi connectivity index (χ3n) is 5.81. The molecule has 2 heterocycles. The van der Waals surface area contributed by atoms with E-state index in [0.717, 1.165) is 48.9 Å². The van der Waals surface area contributed by atoms with Crippen molar-refractivity contribution in [2.45, 2.75) is 60.5 Å². The molecule has 1 aromatic carbocycles. The van der Waals surface area contributed by atoms with Crippen LogP contribution in [0.3, 0.4) is 0 Å². The Morgan fingerprint density at radius 1 is 1.24 bits per heavy atom. The molecule has 1 aliphatic rings. The number of aryl methyl sites for hydroxylation is 1. The van der Waals surface area contributed by atoms with Crippen LogP contribution < -0.4 is 21.3 Å². The quantitative estimate of drug-likeness (QED) is 0.520. The number of hydrogen-bond donors (Lipinski definition) is 3. The van der Waals surface area contributed by atoms with Gasteiger partial charge in [0.05, 0.1) is 0 Å². The summed E-state index contributed by atoms with van der Waals surface area (Å²) < 4.78 is 0. The molecule has 0 unspecified atom stereocenters. The maximum Gasteiger partial charge on any atom is 0.248 e. The summed E-state index contributed by atoms with van der Waals surface area (Å²) in [5.74, 6) is 2.18. The molecule has 1 atom stereocenters. The molecule has 2 aromatic rings. The van der Waals surface area contributed by atoms with E-state index in [4.69, 9.17) is 15.7 Å². The molecule has 1 saturated heterocycles. The molecule has 182 valence electrons. The molecular formula is C25H41N7O. The van der Waals surface area contributed by atoms with Gasteiger partial charge in [-0.05, 0) is 50.8 Å². The van der Waals surface area contributed by atoms with E-state index in [1.807, 2.05) is 26.1 Å². The van der Waals surface area contributed by atoms with Crippen molar-refractivity contribution in [3.05, 3.63) is 35.4 Å². The van der Waals surface area contributed by atoms with Crippen molar-refractivity contribution >= 4 is 29.2 Å². The standard InChI is InChI=1S/C24H37N7O.CH4/c1-15(2)13-30(6)22-12-21(26-19-9-10-31(14-19)16(3)4)28-24(29-22)27-20-11-18(23(25)32)8-7-17(20)5;/h7-8,11-12,15-16,19H,9-10,13-14H2,1-6H3,(H2,25,32)(H2,26,27,28,29);1H4/t19-;/m0./s1. The summed E-state index contributed by atoms with van der Waals surface area (Å²) in [5, 5.41) is 6.91. The molecule has 1 amide bonds. The minimum Gasteiger partial charge on any atom is -0.366 e. The van der Waals surface area contributed by atoms with E-state index in [0.29, 0.717) is 29.5 Å². The highest BCUT2D eigenvalue weighted by atomic mass is 16.1. The van der Waals surface area contributed by atoms with Gasteiger partial charge < -0.3 is 21.3 Å². The molecule has 8 nitrogen and oxygen atoms in total. The summed E-state index contributed by atoms with van der Waals surface area (Å²) in [6, 6.07) is 8.24. The number of amides is 1. The highest BCUT2D eigenvalue weighted by molar-refractivity contribution is 5.94. The smallest absolute Gasteiger partial charge is 0.248 e. The second kappa shape index (κ2) is 11.3. The molecule has 1 aliphatic heterocycles. The van der Waals surface area contributed by atoms with Crippen molar-refractivity contribution in [2.24, 2.45) is 11.7 Å². The SMILES string of the molecule is C.Cc1ccc(C(N)=O)cc1Nc1nc(N[C@H]2CCN(C(C)C)C2)cc(N(C)CC(C)C)n1. The number of nitrogens with one attached hydrogen (secondary N) is 2. The number of rotatable bonds is 9. The number of anilines is 4. The monoisotopic (exact) mass is 455 g/mol. The van der Waals surface area contributed by atoms with E-state index in [1.165, 1.54) is 0 Å². The van der Waals surface area contributed by atoms with Gasteiger partial charge in [0.2, 0.25) is 11.9 Å². The van der Waals surface area contributed by atoms with Gasteiger partial charge in [0, 0.05) is 56.1 Å². The van der Waals surface area contributed by atoms with Crippen LogP contribution in [-0.4, -0.2) is 59.5 Å². The van der Waals surface area contributed by atoms with Crippen molar-refractivity contribution in [3.8, 4) is 0 Å². The van der Waals surface area contributed by atoms with Crippen molar-refractivity contribution in [1.29, 1.82) is 0 Å². The predicted molar refractivity (Wildman–Crippen MR) is 139 cm³/mol. The Labute approximate surface area is 199 Å². The number of primary amides is 1. The topological polar surface area (TPSA) is 99.4 Å². The number of nitrogens with zero attached hydrogens (tertiary/aromatic N) is 4. The van der Waals surface area contributed by atoms with Gasteiger partial charge >= 0.3 is 0 Å². The predicted octanol–water partition coefficient (Wildman–Crippen LogP) is 4.25. The fourth-order valence-corrected chi connectivity index (χ4v) is 4.01. The first-order valence-corrected chi connectivity index (χ1v) is 11.4. The van der Waals surface area contributed by atoms with Gasteiger partial charge in [-0.3, -0.25) is 9.69 Å². The number of likely N-dealkylation sites (tertiary alicyclic amines) is 1. The zero-order valence-electron chi connectivity index (χ0n) is 20.1. The number of carbonyl (C=O) groups is 1. The Morgan fingerprint density at radius 3 is 2.58 bits per heavy atom. The summed E-state index contributed by atoms with van der Waals surface area (Å²) in [7, 11) is 2.05. The van der Waals surface area contributed by atoms with E-state index < -0.39 is 5.91 Å². The Kier molecular flexibility index (Phi) is 9.05. The molecule has 8 heteroatoms. The van der Waals surface area contributed by atoms with E-state index in [9.17, 15) is 4.79 Å². The average molecular weight is 456 g/mol. The van der Waals surface area contributed by atoms with Gasteiger partial charge in [0.15, 0.2) is 0 Å². The van der Waals surface area contributed by atoms with E-state index in [1.54, 1.807) is 12.1 Å². The molecule has 1 fully saturated rings. The van der Waals surface area contributed by atoms with Crippen LogP contribution in [0.1, 0.15) is 57.5 Å². The van der Waals surface area contributed by atoms with Gasteiger partial charge in [0.1, 0.15) is 11.6 Å². The lowest BCUT2D eigenvalue weighted by molar-refractivity contribution is 0.100. The second-order valence-corrected chi connectivity index (χ2v) is 9.45. The Balaban J connectivity index is 0.00000385. The van der Waals surface area contributed by atoms with Crippen LogP contribution >= 0.6 is 0 Å². The summed E-state index contributed by atoms with van der Waals surface area (Å²) >= 11 is 0. The van der Waals surface area contributed by atoms with Gasteiger partial charge in [-0.1, -0.05) is 27.3 Å². The molecule has 3 rings (SSSR count).